The number of unbranched alkanes of at least 4 members (excludes halogenated alkanes) is 2. The maximum Gasteiger partial charge on any atom is 0.114 e. The number of ether oxygens (including phenoxy) is 2. The molecule has 2 unspecified atom stereocenters. The van der Waals surface area contributed by atoms with Crippen LogP contribution >= 0.6 is 0 Å². The third-order valence-corrected chi connectivity index (χ3v) is 2.77. The summed E-state index contributed by atoms with van der Waals surface area (Å²) in [5.41, 5.74) is 6.07. The second kappa shape index (κ2) is 11.1. The first kappa shape index (κ1) is 17.0. The van der Waals surface area contributed by atoms with E-state index in [0.717, 1.165) is 25.7 Å². The summed E-state index contributed by atoms with van der Waals surface area (Å²) in [6.07, 6.45) is 11.8. The van der Waals surface area contributed by atoms with Gasteiger partial charge < -0.3 is 15.2 Å². The van der Waals surface area contributed by atoms with Crippen molar-refractivity contribution in [2.45, 2.75) is 71.6 Å². The van der Waals surface area contributed by atoms with Crippen molar-refractivity contribution in [3.63, 3.8) is 0 Å². The second-order valence-electron chi connectivity index (χ2n) is 4.58. The van der Waals surface area contributed by atoms with E-state index >= 15 is 0 Å². The van der Waals surface area contributed by atoms with Crippen LogP contribution in [0.1, 0.15) is 53.4 Å². The smallest absolute Gasteiger partial charge is 0.114 e. The summed E-state index contributed by atoms with van der Waals surface area (Å²) in [5.74, 6) is 0. The molecule has 106 valence electrons. The summed E-state index contributed by atoms with van der Waals surface area (Å²) in [7, 11) is 0. The minimum Gasteiger partial charge on any atom is -0.497 e. The summed E-state index contributed by atoms with van der Waals surface area (Å²) in [5, 5.41) is 0. The van der Waals surface area contributed by atoms with Crippen molar-refractivity contribution >= 4 is 0 Å². The van der Waals surface area contributed by atoms with Crippen LogP contribution in [0, 0.1) is 0 Å². The van der Waals surface area contributed by atoms with Gasteiger partial charge in [-0.1, -0.05) is 26.7 Å². The van der Waals surface area contributed by atoms with Crippen LogP contribution in [-0.2, 0) is 9.47 Å². The molecule has 0 fully saturated rings. The molecular weight excluding hydrogens is 226 g/mol. The summed E-state index contributed by atoms with van der Waals surface area (Å²) < 4.78 is 11.1. The lowest BCUT2D eigenvalue weighted by Crippen LogP contribution is -2.43. The van der Waals surface area contributed by atoms with Crippen molar-refractivity contribution in [3.8, 4) is 0 Å². The van der Waals surface area contributed by atoms with Crippen molar-refractivity contribution < 1.29 is 9.47 Å². The largest absolute Gasteiger partial charge is 0.497 e. The SMILES string of the molecule is CCCC=COC(C)C(N)C(C)OC=CCCC. The van der Waals surface area contributed by atoms with E-state index in [1.54, 1.807) is 12.5 Å². The van der Waals surface area contributed by atoms with E-state index in [4.69, 9.17) is 15.2 Å². The molecular formula is C15H29NO2. The highest BCUT2D eigenvalue weighted by molar-refractivity contribution is 4.83. The predicted octanol–water partition coefficient (Wildman–Crippen LogP) is 3.75. The van der Waals surface area contributed by atoms with Gasteiger partial charge >= 0.3 is 0 Å². The van der Waals surface area contributed by atoms with Gasteiger partial charge in [-0.3, -0.25) is 0 Å². The maximum absolute atomic E-state index is 6.07. The first-order valence-electron chi connectivity index (χ1n) is 6.99. The predicted molar refractivity (Wildman–Crippen MR) is 77.2 cm³/mol. The molecule has 0 radical (unpaired) electrons. The third-order valence-electron chi connectivity index (χ3n) is 2.77. The van der Waals surface area contributed by atoms with Gasteiger partial charge in [0.05, 0.1) is 18.6 Å². The van der Waals surface area contributed by atoms with Gasteiger partial charge in [-0.15, -0.1) is 0 Å². The van der Waals surface area contributed by atoms with Crippen LogP contribution in [0.2, 0.25) is 0 Å². The topological polar surface area (TPSA) is 44.5 Å². The van der Waals surface area contributed by atoms with Crippen LogP contribution in [0.5, 0.6) is 0 Å². The molecule has 0 spiro atoms. The fraction of sp³-hybridized carbons (Fsp3) is 0.733. The minimum atomic E-state index is -0.137. The van der Waals surface area contributed by atoms with Crippen molar-refractivity contribution in [2.24, 2.45) is 5.73 Å². The Morgan fingerprint density at radius 1 is 0.889 bits per heavy atom. The normalized spacial score (nSPS) is 16.9. The zero-order valence-corrected chi connectivity index (χ0v) is 12.3. The molecule has 0 aliphatic rings. The van der Waals surface area contributed by atoms with Crippen LogP contribution < -0.4 is 5.73 Å². The summed E-state index contributed by atoms with van der Waals surface area (Å²) in [6.45, 7) is 8.21. The first-order chi connectivity index (χ1) is 8.63. The number of hydrogen-bond donors (Lipinski definition) is 1. The van der Waals surface area contributed by atoms with E-state index in [0.29, 0.717) is 0 Å². The van der Waals surface area contributed by atoms with Gasteiger partial charge in [0.1, 0.15) is 12.2 Å². The quantitative estimate of drug-likeness (QED) is 0.605. The molecule has 0 aromatic heterocycles. The van der Waals surface area contributed by atoms with Gasteiger partial charge in [-0.25, -0.2) is 0 Å². The van der Waals surface area contributed by atoms with Gasteiger partial charge in [0.2, 0.25) is 0 Å². The van der Waals surface area contributed by atoms with Crippen molar-refractivity contribution in [2.75, 3.05) is 0 Å². The number of nitrogens with two attached hydrogens (primary N) is 1. The molecule has 0 aromatic carbocycles. The molecule has 2 atom stereocenters. The number of allylic oxidation sites excluding steroid dienone is 2. The summed E-state index contributed by atoms with van der Waals surface area (Å²) in [4.78, 5) is 0. The Kier molecular flexibility index (Phi) is 10.6. The highest BCUT2D eigenvalue weighted by Crippen LogP contribution is 2.06. The molecule has 0 amide bonds. The Hall–Kier alpha value is -0.960. The molecule has 18 heavy (non-hydrogen) atoms. The van der Waals surface area contributed by atoms with Crippen LogP contribution in [0.4, 0.5) is 0 Å². The minimum absolute atomic E-state index is 0.0484. The lowest BCUT2D eigenvalue weighted by Gasteiger charge is -2.24. The fourth-order valence-electron chi connectivity index (χ4n) is 1.39. The van der Waals surface area contributed by atoms with Gasteiger partial charge in [-0.05, 0) is 38.8 Å². The Bertz CT molecular complexity index is 215. The van der Waals surface area contributed by atoms with E-state index in [1.807, 2.05) is 26.0 Å². The average Bonchev–Trinajstić information content (AvgIpc) is 2.38. The van der Waals surface area contributed by atoms with Gasteiger partial charge in [0.15, 0.2) is 0 Å². The molecule has 0 rings (SSSR count). The van der Waals surface area contributed by atoms with E-state index in [-0.39, 0.29) is 18.2 Å². The van der Waals surface area contributed by atoms with Crippen LogP contribution in [0.25, 0.3) is 0 Å². The lowest BCUT2D eigenvalue weighted by molar-refractivity contribution is 0.0535. The molecule has 0 aliphatic heterocycles. The van der Waals surface area contributed by atoms with Crippen molar-refractivity contribution in [1.82, 2.24) is 0 Å². The van der Waals surface area contributed by atoms with Crippen molar-refractivity contribution in [3.05, 3.63) is 24.7 Å². The highest BCUT2D eigenvalue weighted by Gasteiger charge is 2.20. The number of rotatable bonds is 10. The second-order valence-corrected chi connectivity index (χ2v) is 4.58. The zero-order valence-electron chi connectivity index (χ0n) is 12.3. The highest BCUT2D eigenvalue weighted by atomic mass is 16.5. The molecule has 3 heteroatoms. The van der Waals surface area contributed by atoms with E-state index in [9.17, 15) is 0 Å². The molecule has 0 aliphatic carbocycles. The van der Waals surface area contributed by atoms with Crippen LogP contribution in [-0.4, -0.2) is 18.2 Å². The van der Waals surface area contributed by atoms with Crippen molar-refractivity contribution in [1.29, 1.82) is 0 Å². The Morgan fingerprint density at radius 3 is 1.61 bits per heavy atom. The van der Waals surface area contributed by atoms with Gasteiger partial charge in [0, 0.05) is 0 Å². The zero-order chi connectivity index (χ0) is 13.8. The van der Waals surface area contributed by atoms with Gasteiger partial charge in [-0.2, -0.15) is 0 Å². The Labute approximate surface area is 112 Å². The van der Waals surface area contributed by atoms with Crippen LogP contribution in [0.15, 0.2) is 24.7 Å². The first-order valence-corrected chi connectivity index (χ1v) is 6.99. The maximum atomic E-state index is 6.07. The Morgan fingerprint density at radius 2 is 1.28 bits per heavy atom. The molecule has 0 aromatic rings. The van der Waals surface area contributed by atoms with E-state index in [1.165, 1.54) is 0 Å². The van der Waals surface area contributed by atoms with E-state index in [2.05, 4.69) is 13.8 Å². The monoisotopic (exact) mass is 255 g/mol. The molecule has 3 nitrogen and oxygen atoms in total. The third kappa shape index (κ3) is 8.18. The molecule has 2 N–H and O–H groups in total. The lowest BCUT2D eigenvalue weighted by atomic mass is 10.1. The average molecular weight is 255 g/mol. The van der Waals surface area contributed by atoms with E-state index < -0.39 is 0 Å². The molecule has 0 bridgehead atoms. The summed E-state index contributed by atoms with van der Waals surface area (Å²) in [6, 6.07) is -0.137. The van der Waals surface area contributed by atoms with Gasteiger partial charge in [0.25, 0.3) is 0 Å². The van der Waals surface area contributed by atoms with Crippen LogP contribution in [0.3, 0.4) is 0 Å². The summed E-state index contributed by atoms with van der Waals surface area (Å²) >= 11 is 0. The molecule has 0 saturated carbocycles. The number of hydrogen-bond acceptors (Lipinski definition) is 3. The fourth-order valence-corrected chi connectivity index (χ4v) is 1.39. The Balaban J connectivity index is 3.92. The molecule has 0 heterocycles. The molecule has 0 saturated heterocycles. The standard InChI is InChI=1S/C15H29NO2/c1-5-7-9-11-17-13(3)15(16)14(4)18-12-10-8-6-2/h9-15H,5-8,16H2,1-4H3.